The van der Waals surface area contributed by atoms with Crippen LogP contribution in [0.4, 0.5) is 0 Å². The third-order valence-electron chi connectivity index (χ3n) is 2.09. The van der Waals surface area contributed by atoms with Gasteiger partial charge in [-0.05, 0) is 12.0 Å². The third kappa shape index (κ3) is 2.26. The van der Waals surface area contributed by atoms with Crippen LogP contribution in [-0.2, 0) is 6.42 Å². The highest BCUT2D eigenvalue weighted by atomic mass is 15.0. The standard InChI is InChI=1S/C12H11N3/c1-2-3-10-4-6-11(7-5-10)12-14-8-13-9-15-12/h2,4-9H,1,3H2. The van der Waals surface area contributed by atoms with Crippen molar-refractivity contribution in [3.05, 3.63) is 55.1 Å². The number of rotatable bonds is 3. The van der Waals surface area contributed by atoms with E-state index in [9.17, 15) is 0 Å². The minimum atomic E-state index is 0.704. The lowest BCUT2D eigenvalue weighted by atomic mass is 10.1. The van der Waals surface area contributed by atoms with Crippen molar-refractivity contribution in [2.75, 3.05) is 0 Å². The minimum absolute atomic E-state index is 0.704. The van der Waals surface area contributed by atoms with Crippen LogP contribution in [0.3, 0.4) is 0 Å². The van der Waals surface area contributed by atoms with Gasteiger partial charge in [0.05, 0.1) is 0 Å². The van der Waals surface area contributed by atoms with E-state index in [2.05, 4.69) is 33.7 Å². The summed E-state index contributed by atoms with van der Waals surface area (Å²) in [4.78, 5) is 11.9. The summed E-state index contributed by atoms with van der Waals surface area (Å²) in [5.41, 5.74) is 2.24. The van der Waals surface area contributed by atoms with Crippen LogP contribution in [0.15, 0.2) is 49.6 Å². The van der Waals surface area contributed by atoms with E-state index in [1.807, 2.05) is 18.2 Å². The number of hydrogen-bond donors (Lipinski definition) is 0. The first-order chi connectivity index (χ1) is 7.40. The largest absolute Gasteiger partial charge is 0.225 e. The monoisotopic (exact) mass is 197 g/mol. The van der Waals surface area contributed by atoms with Crippen LogP contribution in [-0.4, -0.2) is 15.0 Å². The molecule has 1 aromatic heterocycles. The Bertz CT molecular complexity index is 434. The van der Waals surface area contributed by atoms with E-state index in [1.165, 1.54) is 18.2 Å². The first-order valence-corrected chi connectivity index (χ1v) is 4.72. The molecule has 0 fully saturated rings. The molecule has 74 valence electrons. The van der Waals surface area contributed by atoms with Crippen molar-refractivity contribution in [3.63, 3.8) is 0 Å². The van der Waals surface area contributed by atoms with Crippen LogP contribution < -0.4 is 0 Å². The average Bonchev–Trinajstić information content (AvgIpc) is 2.32. The van der Waals surface area contributed by atoms with Gasteiger partial charge >= 0.3 is 0 Å². The maximum atomic E-state index is 4.08. The Morgan fingerprint density at radius 3 is 2.33 bits per heavy atom. The highest BCUT2D eigenvalue weighted by Gasteiger charge is 1.98. The van der Waals surface area contributed by atoms with Crippen molar-refractivity contribution in [2.24, 2.45) is 0 Å². The zero-order chi connectivity index (χ0) is 10.5. The van der Waals surface area contributed by atoms with Gasteiger partial charge in [-0.2, -0.15) is 0 Å². The fraction of sp³-hybridized carbons (Fsp3) is 0.0833. The van der Waals surface area contributed by atoms with Gasteiger partial charge in [-0.3, -0.25) is 0 Å². The predicted molar refractivity (Wildman–Crippen MR) is 59.2 cm³/mol. The molecule has 1 aromatic carbocycles. The Balaban J connectivity index is 2.28. The SMILES string of the molecule is C=CCc1ccc(-c2ncncn2)cc1. The zero-order valence-electron chi connectivity index (χ0n) is 8.30. The van der Waals surface area contributed by atoms with Gasteiger partial charge in [-0.15, -0.1) is 6.58 Å². The van der Waals surface area contributed by atoms with Crippen molar-refractivity contribution in [1.29, 1.82) is 0 Å². The van der Waals surface area contributed by atoms with Gasteiger partial charge in [0.15, 0.2) is 5.82 Å². The molecule has 2 rings (SSSR count). The molecule has 0 amide bonds. The Hall–Kier alpha value is -2.03. The quantitative estimate of drug-likeness (QED) is 0.708. The Labute approximate surface area is 88.6 Å². The number of allylic oxidation sites excluding steroid dienone is 1. The Kier molecular flexibility index (Phi) is 2.83. The summed E-state index contributed by atoms with van der Waals surface area (Å²) in [5.74, 6) is 0.704. The predicted octanol–water partition coefficient (Wildman–Crippen LogP) is 2.27. The van der Waals surface area contributed by atoms with E-state index in [0.29, 0.717) is 5.82 Å². The summed E-state index contributed by atoms with van der Waals surface area (Å²) in [5, 5.41) is 0. The normalized spacial score (nSPS) is 9.87. The molecular formula is C12H11N3. The second kappa shape index (κ2) is 4.46. The molecule has 0 N–H and O–H groups in total. The fourth-order valence-electron chi connectivity index (χ4n) is 1.34. The Morgan fingerprint density at radius 1 is 1.07 bits per heavy atom. The van der Waals surface area contributed by atoms with E-state index in [1.54, 1.807) is 0 Å². The number of benzene rings is 1. The van der Waals surface area contributed by atoms with Gasteiger partial charge in [0.1, 0.15) is 12.7 Å². The number of nitrogens with zero attached hydrogens (tertiary/aromatic N) is 3. The van der Waals surface area contributed by atoms with Gasteiger partial charge in [0, 0.05) is 5.56 Å². The molecule has 2 aromatic rings. The molecule has 0 spiro atoms. The summed E-state index contributed by atoms with van der Waals surface area (Å²) in [6.45, 7) is 3.70. The van der Waals surface area contributed by atoms with Gasteiger partial charge in [-0.25, -0.2) is 15.0 Å². The van der Waals surface area contributed by atoms with E-state index in [4.69, 9.17) is 0 Å². The summed E-state index contributed by atoms with van der Waals surface area (Å²) >= 11 is 0. The summed E-state index contributed by atoms with van der Waals surface area (Å²) in [6.07, 6.45) is 5.77. The molecule has 0 bridgehead atoms. The lowest BCUT2D eigenvalue weighted by Gasteiger charge is -2.00. The van der Waals surface area contributed by atoms with Gasteiger partial charge in [0.25, 0.3) is 0 Å². The van der Waals surface area contributed by atoms with Crippen molar-refractivity contribution in [1.82, 2.24) is 15.0 Å². The molecule has 0 unspecified atom stereocenters. The highest BCUT2D eigenvalue weighted by Crippen LogP contribution is 2.14. The molecule has 0 saturated heterocycles. The van der Waals surface area contributed by atoms with Crippen LogP contribution in [0.1, 0.15) is 5.56 Å². The van der Waals surface area contributed by atoms with Gasteiger partial charge in [0.2, 0.25) is 0 Å². The molecule has 0 aliphatic rings. The number of aromatic nitrogens is 3. The van der Waals surface area contributed by atoms with E-state index < -0.39 is 0 Å². The van der Waals surface area contributed by atoms with E-state index in [0.717, 1.165) is 12.0 Å². The fourth-order valence-corrected chi connectivity index (χ4v) is 1.34. The van der Waals surface area contributed by atoms with Crippen LogP contribution in [0.2, 0.25) is 0 Å². The first kappa shape index (κ1) is 9.52. The zero-order valence-corrected chi connectivity index (χ0v) is 8.30. The molecule has 3 heteroatoms. The molecular weight excluding hydrogens is 186 g/mol. The summed E-state index contributed by atoms with van der Waals surface area (Å²) < 4.78 is 0. The lowest BCUT2D eigenvalue weighted by Crippen LogP contribution is -1.89. The van der Waals surface area contributed by atoms with Crippen molar-refractivity contribution in [3.8, 4) is 11.4 Å². The van der Waals surface area contributed by atoms with Crippen LogP contribution >= 0.6 is 0 Å². The van der Waals surface area contributed by atoms with Crippen LogP contribution in [0, 0.1) is 0 Å². The molecule has 3 nitrogen and oxygen atoms in total. The Morgan fingerprint density at radius 2 is 1.73 bits per heavy atom. The molecule has 0 aliphatic carbocycles. The van der Waals surface area contributed by atoms with Gasteiger partial charge in [-0.1, -0.05) is 30.3 Å². The summed E-state index contributed by atoms with van der Waals surface area (Å²) in [7, 11) is 0. The van der Waals surface area contributed by atoms with E-state index >= 15 is 0 Å². The molecule has 1 heterocycles. The smallest absolute Gasteiger partial charge is 0.162 e. The first-order valence-electron chi connectivity index (χ1n) is 4.72. The number of hydrogen-bond acceptors (Lipinski definition) is 3. The van der Waals surface area contributed by atoms with Crippen molar-refractivity contribution in [2.45, 2.75) is 6.42 Å². The van der Waals surface area contributed by atoms with Crippen molar-refractivity contribution >= 4 is 0 Å². The summed E-state index contributed by atoms with van der Waals surface area (Å²) in [6, 6.07) is 8.13. The van der Waals surface area contributed by atoms with Crippen LogP contribution in [0.5, 0.6) is 0 Å². The molecule has 0 saturated carbocycles. The molecule has 0 radical (unpaired) electrons. The maximum absolute atomic E-state index is 4.08. The van der Waals surface area contributed by atoms with Crippen molar-refractivity contribution < 1.29 is 0 Å². The highest BCUT2D eigenvalue weighted by molar-refractivity contribution is 5.54. The second-order valence-electron chi connectivity index (χ2n) is 3.15. The molecule has 15 heavy (non-hydrogen) atoms. The van der Waals surface area contributed by atoms with Crippen LogP contribution in [0.25, 0.3) is 11.4 Å². The lowest BCUT2D eigenvalue weighted by molar-refractivity contribution is 1.05. The van der Waals surface area contributed by atoms with Gasteiger partial charge < -0.3 is 0 Å². The second-order valence-corrected chi connectivity index (χ2v) is 3.15. The topological polar surface area (TPSA) is 38.7 Å². The molecule has 0 atom stereocenters. The third-order valence-corrected chi connectivity index (χ3v) is 2.09. The molecule has 0 aliphatic heterocycles. The minimum Gasteiger partial charge on any atom is -0.225 e. The maximum Gasteiger partial charge on any atom is 0.162 e. The van der Waals surface area contributed by atoms with E-state index in [-0.39, 0.29) is 0 Å². The average molecular weight is 197 g/mol.